The van der Waals surface area contributed by atoms with Crippen molar-refractivity contribution in [2.24, 2.45) is 11.8 Å². The summed E-state index contributed by atoms with van der Waals surface area (Å²) in [5.41, 5.74) is 0.840. The van der Waals surface area contributed by atoms with Crippen LogP contribution >= 0.6 is 0 Å². The van der Waals surface area contributed by atoms with Crippen LogP contribution in [0.1, 0.15) is 17.4 Å². The molecule has 6 nitrogen and oxygen atoms in total. The Bertz CT molecular complexity index is 846. The fourth-order valence-corrected chi connectivity index (χ4v) is 4.43. The van der Waals surface area contributed by atoms with Gasteiger partial charge in [-0.3, -0.25) is 4.79 Å². The number of hydrogen-bond donors (Lipinski definition) is 0. The van der Waals surface area contributed by atoms with Gasteiger partial charge < -0.3 is 14.5 Å². The molecular formula is C20H23FN4O2. The maximum Gasteiger partial charge on any atom is 0.249 e. The van der Waals surface area contributed by atoms with Gasteiger partial charge >= 0.3 is 0 Å². The fraction of sp³-hybridized carbons (Fsp3) is 0.450. The van der Waals surface area contributed by atoms with Gasteiger partial charge in [-0.1, -0.05) is 12.1 Å². The second-order valence-corrected chi connectivity index (χ2v) is 7.27. The number of methoxy groups -OCH3 is 1. The monoisotopic (exact) mass is 370 g/mol. The van der Waals surface area contributed by atoms with Crippen molar-refractivity contribution in [3.63, 3.8) is 0 Å². The highest BCUT2D eigenvalue weighted by Crippen LogP contribution is 2.45. The van der Waals surface area contributed by atoms with E-state index in [4.69, 9.17) is 4.74 Å². The molecule has 1 aromatic heterocycles. The highest BCUT2D eigenvalue weighted by Gasteiger charge is 2.49. The number of aryl methyl sites for hydroxylation is 1. The Morgan fingerprint density at radius 1 is 1.30 bits per heavy atom. The fourth-order valence-electron chi connectivity index (χ4n) is 4.43. The Balaban J connectivity index is 1.63. The molecule has 27 heavy (non-hydrogen) atoms. The number of benzene rings is 1. The van der Waals surface area contributed by atoms with E-state index in [1.165, 1.54) is 19.2 Å². The molecule has 0 saturated carbocycles. The molecule has 2 aliphatic rings. The molecule has 2 aliphatic heterocycles. The van der Waals surface area contributed by atoms with Crippen LogP contribution in [0.15, 0.2) is 36.5 Å². The molecule has 1 amide bonds. The van der Waals surface area contributed by atoms with Crippen molar-refractivity contribution >= 4 is 11.7 Å². The molecule has 0 radical (unpaired) electrons. The van der Waals surface area contributed by atoms with E-state index in [1.807, 2.05) is 24.0 Å². The van der Waals surface area contributed by atoms with Gasteiger partial charge in [0.05, 0.1) is 6.04 Å². The summed E-state index contributed by atoms with van der Waals surface area (Å²) in [7, 11) is 1.52. The first-order chi connectivity index (χ1) is 13.1. The normalized spacial score (nSPS) is 24.3. The van der Waals surface area contributed by atoms with Crippen molar-refractivity contribution in [3.05, 3.63) is 53.7 Å². The molecule has 2 saturated heterocycles. The highest BCUT2D eigenvalue weighted by atomic mass is 19.1. The van der Waals surface area contributed by atoms with Crippen LogP contribution in [0.3, 0.4) is 0 Å². The topological polar surface area (TPSA) is 58.6 Å². The number of halogens is 1. The zero-order valence-electron chi connectivity index (χ0n) is 15.5. The van der Waals surface area contributed by atoms with E-state index >= 15 is 0 Å². The van der Waals surface area contributed by atoms with Gasteiger partial charge in [0, 0.05) is 44.8 Å². The van der Waals surface area contributed by atoms with Gasteiger partial charge in [-0.2, -0.15) is 0 Å². The summed E-state index contributed by atoms with van der Waals surface area (Å²) < 4.78 is 18.9. The third-order valence-corrected chi connectivity index (χ3v) is 5.53. The van der Waals surface area contributed by atoms with Gasteiger partial charge in [0.1, 0.15) is 24.1 Å². The lowest BCUT2D eigenvalue weighted by Crippen LogP contribution is -2.37. The van der Waals surface area contributed by atoms with E-state index < -0.39 is 0 Å². The van der Waals surface area contributed by atoms with Gasteiger partial charge in [0.25, 0.3) is 0 Å². The molecule has 4 rings (SSSR count). The molecule has 2 aromatic rings. The summed E-state index contributed by atoms with van der Waals surface area (Å²) in [5.74, 6) is 1.85. The molecule has 0 spiro atoms. The Hall–Kier alpha value is -2.54. The summed E-state index contributed by atoms with van der Waals surface area (Å²) in [5, 5.41) is 0. The number of rotatable bonds is 4. The number of anilines is 1. The second-order valence-electron chi connectivity index (χ2n) is 7.27. The number of nitrogens with zero attached hydrogens (tertiary/aromatic N) is 4. The van der Waals surface area contributed by atoms with E-state index in [9.17, 15) is 9.18 Å². The number of aromatic nitrogens is 2. The third kappa shape index (κ3) is 3.39. The number of amides is 1. The number of carbonyl (C=O) groups excluding carboxylic acids is 1. The smallest absolute Gasteiger partial charge is 0.249 e. The van der Waals surface area contributed by atoms with Gasteiger partial charge in [0.15, 0.2) is 0 Å². The quantitative estimate of drug-likeness (QED) is 0.826. The number of likely N-dealkylation sites (tertiary alicyclic amines) is 1. The zero-order valence-corrected chi connectivity index (χ0v) is 15.5. The summed E-state index contributed by atoms with van der Waals surface area (Å²) in [6.07, 6.45) is 1.77. The third-order valence-electron chi connectivity index (χ3n) is 5.53. The van der Waals surface area contributed by atoms with Gasteiger partial charge in [0.2, 0.25) is 5.91 Å². The molecule has 0 bridgehead atoms. The molecule has 142 valence electrons. The molecule has 1 aromatic carbocycles. The number of hydrogen-bond acceptors (Lipinski definition) is 5. The predicted octanol–water partition coefficient (Wildman–Crippen LogP) is 2.21. The molecule has 7 heteroatoms. The predicted molar refractivity (Wildman–Crippen MR) is 98.7 cm³/mol. The minimum Gasteiger partial charge on any atom is -0.375 e. The number of ether oxygens (including phenoxy) is 1. The van der Waals surface area contributed by atoms with Crippen molar-refractivity contribution in [1.82, 2.24) is 14.9 Å². The SMILES string of the molecule is COCC(=O)N1C[C@H]2CN(c3ccnc(C)n3)C[C@H]2[C@@H]1c1cccc(F)c1. The van der Waals surface area contributed by atoms with E-state index in [0.29, 0.717) is 12.5 Å². The van der Waals surface area contributed by atoms with Crippen LogP contribution in [0, 0.1) is 24.6 Å². The van der Waals surface area contributed by atoms with Crippen LogP contribution in [-0.4, -0.2) is 54.1 Å². The van der Waals surface area contributed by atoms with Crippen LogP contribution in [0.4, 0.5) is 10.2 Å². The van der Waals surface area contributed by atoms with Crippen molar-refractivity contribution in [2.45, 2.75) is 13.0 Å². The average molecular weight is 370 g/mol. The number of carbonyl (C=O) groups is 1. The Labute approximate surface area is 158 Å². The Kier molecular flexibility index (Phi) is 4.78. The standard InChI is InChI=1S/C20H23FN4O2/c1-13-22-7-6-18(23-13)24-9-15-10-25(19(26)12-27-2)20(17(15)11-24)14-4-3-5-16(21)8-14/h3-8,15,17,20H,9-12H2,1-2H3/t15-,17-,20+/m1/s1. The van der Waals surface area contributed by atoms with E-state index in [0.717, 1.165) is 30.3 Å². The van der Waals surface area contributed by atoms with E-state index in [1.54, 1.807) is 12.3 Å². The molecule has 3 atom stereocenters. The van der Waals surface area contributed by atoms with Crippen LogP contribution < -0.4 is 4.90 Å². The van der Waals surface area contributed by atoms with Gasteiger partial charge in [-0.25, -0.2) is 14.4 Å². The molecule has 0 aliphatic carbocycles. The number of fused-ring (bicyclic) bond motifs is 1. The molecular weight excluding hydrogens is 347 g/mol. The van der Waals surface area contributed by atoms with Crippen molar-refractivity contribution in [1.29, 1.82) is 0 Å². The van der Waals surface area contributed by atoms with E-state index in [-0.39, 0.29) is 30.3 Å². The van der Waals surface area contributed by atoms with E-state index in [2.05, 4.69) is 14.9 Å². The lowest BCUT2D eigenvalue weighted by atomic mass is 9.89. The second kappa shape index (κ2) is 7.23. The summed E-state index contributed by atoms with van der Waals surface area (Å²) >= 11 is 0. The van der Waals surface area contributed by atoms with Crippen LogP contribution in [0.25, 0.3) is 0 Å². The van der Waals surface area contributed by atoms with Crippen LogP contribution in [0.5, 0.6) is 0 Å². The molecule has 3 heterocycles. The van der Waals surface area contributed by atoms with Crippen molar-refractivity contribution in [2.75, 3.05) is 38.3 Å². The van der Waals surface area contributed by atoms with Gasteiger partial charge in [-0.15, -0.1) is 0 Å². The molecule has 2 fully saturated rings. The lowest BCUT2D eigenvalue weighted by Gasteiger charge is -2.30. The first kappa shape index (κ1) is 17.9. The zero-order chi connectivity index (χ0) is 19.0. The van der Waals surface area contributed by atoms with Crippen molar-refractivity contribution < 1.29 is 13.9 Å². The minimum absolute atomic E-state index is 0.0417. The summed E-state index contributed by atoms with van der Waals surface area (Å²) in [6.45, 7) is 4.17. The van der Waals surface area contributed by atoms with Crippen LogP contribution in [-0.2, 0) is 9.53 Å². The largest absolute Gasteiger partial charge is 0.375 e. The maximum absolute atomic E-state index is 13.9. The molecule has 0 N–H and O–H groups in total. The summed E-state index contributed by atoms with van der Waals surface area (Å²) in [4.78, 5) is 25.4. The van der Waals surface area contributed by atoms with Crippen molar-refractivity contribution in [3.8, 4) is 0 Å². The average Bonchev–Trinajstić information content (AvgIpc) is 3.19. The Morgan fingerprint density at radius 3 is 2.89 bits per heavy atom. The molecule has 0 unspecified atom stereocenters. The van der Waals surface area contributed by atoms with Gasteiger partial charge in [-0.05, 0) is 30.7 Å². The highest BCUT2D eigenvalue weighted by molar-refractivity contribution is 5.78. The first-order valence-electron chi connectivity index (χ1n) is 9.15. The minimum atomic E-state index is -0.281. The Morgan fingerprint density at radius 2 is 2.15 bits per heavy atom. The maximum atomic E-state index is 13.9. The summed E-state index contributed by atoms with van der Waals surface area (Å²) in [6, 6.07) is 8.35. The van der Waals surface area contributed by atoms with Crippen LogP contribution in [0.2, 0.25) is 0 Å². The first-order valence-corrected chi connectivity index (χ1v) is 9.15. The lowest BCUT2D eigenvalue weighted by molar-refractivity contribution is -0.136.